The van der Waals surface area contributed by atoms with Crippen molar-refractivity contribution in [2.45, 2.75) is 58.2 Å². The van der Waals surface area contributed by atoms with Crippen molar-refractivity contribution >= 4 is 5.96 Å². The van der Waals surface area contributed by atoms with E-state index in [2.05, 4.69) is 83.9 Å². The first kappa shape index (κ1) is 20.7. The number of hydrogen-bond donors (Lipinski definition) is 3. The molecule has 0 spiro atoms. The van der Waals surface area contributed by atoms with Crippen molar-refractivity contribution in [3.8, 4) is 0 Å². The van der Waals surface area contributed by atoms with Crippen LogP contribution in [0.25, 0.3) is 0 Å². The topological polar surface area (TPSA) is 51.7 Å². The summed E-state index contributed by atoms with van der Waals surface area (Å²) in [6.07, 6.45) is 2.30. The molecule has 1 fully saturated rings. The number of piperidine rings is 1. The third-order valence-corrected chi connectivity index (χ3v) is 5.00. The fourth-order valence-corrected chi connectivity index (χ4v) is 3.38. The molecule has 1 aliphatic heterocycles. The molecule has 1 aromatic rings. The van der Waals surface area contributed by atoms with Crippen LogP contribution in [0.2, 0.25) is 0 Å². The molecule has 5 nitrogen and oxygen atoms in total. The van der Waals surface area contributed by atoms with E-state index >= 15 is 0 Å². The fraction of sp³-hybridized carbons (Fsp3) is 0.667. The Balaban J connectivity index is 1.71. The average Bonchev–Trinajstić information content (AvgIpc) is 2.64. The molecule has 0 aliphatic carbocycles. The van der Waals surface area contributed by atoms with Crippen molar-refractivity contribution in [2.75, 3.05) is 33.2 Å². The van der Waals surface area contributed by atoms with Crippen LogP contribution >= 0.6 is 0 Å². The van der Waals surface area contributed by atoms with Gasteiger partial charge in [0.05, 0.1) is 0 Å². The molecule has 1 saturated heterocycles. The molecule has 0 saturated carbocycles. The molecular formula is C21H37N5. The molecule has 1 unspecified atom stereocenters. The second-order valence-corrected chi connectivity index (χ2v) is 8.22. The van der Waals surface area contributed by atoms with E-state index in [0.717, 1.165) is 45.0 Å². The first-order valence-corrected chi connectivity index (χ1v) is 9.90. The van der Waals surface area contributed by atoms with Crippen molar-refractivity contribution in [3.05, 3.63) is 35.9 Å². The van der Waals surface area contributed by atoms with Crippen LogP contribution in [0.4, 0.5) is 0 Å². The Morgan fingerprint density at radius 1 is 1.15 bits per heavy atom. The number of hydrogen-bond acceptors (Lipinski definition) is 3. The number of nitrogens with one attached hydrogen (secondary N) is 3. The fourth-order valence-electron chi connectivity index (χ4n) is 3.38. The Hall–Kier alpha value is -1.59. The van der Waals surface area contributed by atoms with Gasteiger partial charge in [-0.05, 0) is 46.1 Å². The van der Waals surface area contributed by atoms with Gasteiger partial charge in [-0.1, -0.05) is 30.3 Å². The van der Waals surface area contributed by atoms with Crippen LogP contribution in [0.1, 0.15) is 52.1 Å². The highest BCUT2D eigenvalue weighted by molar-refractivity contribution is 5.79. The first-order valence-electron chi connectivity index (χ1n) is 9.90. The molecule has 1 aromatic carbocycles. The smallest absolute Gasteiger partial charge is 0.191 e. The Bertz CT molecular complexity index is 541. The summed E-state index contributed by atoms with van der Waals surface area (Å²) in [5, 5.41) is 10.5. The largest absolute Gasteiger partial charge is 0.355 e. The third kappa shape index (κ3) is 6.96. The van der Waals surface area contributed by atoms with Gasteiger partial charge in [-0.25, -0.2) is 0 Å². The maximum Gasteiger partial charge on any atom is 0.191 e. The van der Waals surface area contributed by atoms with Gasteiger partial charge in [0.2, 0.25) is 0 Å². The summed E-state index contributed by atoms with van der Waals surface area (Å²) in [7, 11) is 1.85. The quantitative estimate of drug-likeness (QED) is 0.415. The lowest BCUT2D eigenvalue weighted by Gasteiger charge is -2.37. The van der Waals surface area contributed by atoms with Crippen LogP contribution in [0.5, 0.6) is 0 Å². The minimum Gasteiger partial charge on any atom is -0.355 e. The molecule has 26 heavy (non-hydrogen) atoms. The molecule has 0 radical (unpaired) electrons. The molecule has 1 heterocycles. The van der Waals surface area contributed by atoms with Crippen LogP contribution in [-0.2, 0) is 0 Å². The zero-order valence-electron chi connectivity index (χ0n) is 17.2. The number of aliphatic imine (C=N–C) groups is 1. The molecule has 3 N–H and O–H groups in total. The summed E-state index contributed by atoms with van der Waals surface area (Å²) in [5.74, 6) is 0.912. The van der Waals surface area contributed by atoms with Gasteiger partial charge in [0.1, 0.15) is 0 Å². The Morgan fingerprint density at radius 3 is 2.38 bits per heavy atom. The molecule has 0 amide bonds. The van der Waals surface area contributed by atoms with E-state index in [4.69, 9.17) is 0 Å². The summed E-state index contributed by atoms with van der Waals surface area (Å²) >= 11 is 0. The molecule has 0 aromatic heterocycles. The van der Waals surface area contributed by atoms with Crippen LogP contribution in [0.15, 0.2) is 35.3 Å². The summed E-state index contributed by atoms with van der Waals surface area (Å²) in [6.45, 7) is 12.9. The maximum absolute atomic E-state index is 4.37. The van der Waals surface area contributed by atoms with Gasteiger partial charge in [0.15, 0.2) is 5.96 Å². The second kappa shape index (κ2) is 9.93. The van der Waals surface area contributed by atoms with E-state index in [1.54, 1.807) is 0 Å². The average molecular weight is 360 g/mol. The van der Waals surface area contributed by atoms with E-state index in [0.29, 0.717) is 12.1 Å². The number of benzene rings is 1. The number of nitrogens with zero attached hydrogens (tertiary/aromatic N) is 2. The van der Waals surface area contributed by atoms with Crippen molar-refractivity contribution in [1.29, 1.82) is 0 Å². The van der Waals surface area contributed by atoms with E-state index < -0.39 is 0 Å². The zero-order valence-corrected chi connectivity index (χ0v) is 17.2. The molecule has 146 valence electrons. The van der Waals surface area contributed by atoms with E-state index in [1.165, 1.54) is 5.56 Å². The van der Waals surface area contributed by atoms with Gasteiger partial charge >= 0.3 is 0 Å². The Kier molecular flexibility index (Phi) is 7.91. The van der Waals surface area contributed by atoms with E-state index in [9.17, 15) is 0 Å². The minimum absolute atomic E-state index is 0.154. The normalized spacial score (nSPS) is 18.6. The Labute approximate surface area is 159 Å². The second-order valence-electron chi connectivity index (χ2n) is 8.22. The Morgan fingerprint density at radius 2 is 1.81 bits per heavy atom. The van der Waals surface area contributed by atoms with Crippen molar-refractivity contribution in [3.63, 3.8) is 0 Å². The summed E-state index contributed by atoms with van der Waals surface area (Å²) in [5.41, 5.74) is 1.56. The zero-order chi connectivity index (χ0) is 19.0. The van der Waals surface area contributed by atoms with Crippen LogP contribution in [0, 0.1) is 0 Å². The molecule has 1 aliphatic rings. The van der Waals surface area contributed by atoms with Crippen LogP contribution in [0.3, 0.4) is 0 Å². The van der Waals surface area contributed by atoms with Gasteiger partial charge in [-0.2, -0.15) is 0 Å². The van der Waals surface area contributed by atoms with Gasteiger partial charge < -0.3 is 16.0 Å². The molecule has 2 rings (SSSR count). The van der Waals surface area contributed by atoms with Crippen molar-refractivity contribution in [1.82, 2.24) is 20.9 Å². The van der Waals surface area contributed by atoms with Crippen LogP contribution < -0.4 is 16.0 Å². The lowest BCUT2D eigenvalue weighted by atomic mass is 10.0. The SMILES string of the molecule is CN=C(NCCNC(C)(C)C)NC1CCN(C(C)c2ccccc2)CC1. The number of likely N-dealkylation sites (tertiary alicyclic amines) is 1. The lowest BCUT2D eigenvalue weighted by molar-refractivity contribution is 0.158. The highest BCUT2D eigenvalue weighted by atomic mass is 15.2. The molecule has 0 bridgehead atoms. The highest BCUT2D eigenvalue weighted by Crippen LogP contribution is 2.23. The van der Waals surface area contributed by atoms with Gasteiger partial charge in [-0.15, -0.1) is 0 Å². The van der Waals surface area contributed by atoms with Crippen LogP contribution in [-0.4, -0.2) is 55.7 Å². The summed E-state index contributed by atoms with van der Waals surface area (Å²) < 4.78 is 0. The predicted molar refractivity (Wildman–Crippen MR) is 112 cm³/mol. The van der Waals surface area contributed by atoms with Crippen molar-refractivity contribution in [2.24, 2.45) is 4.99 Å². The van der Waals surface area contributed by atoms with Gasteiger partial charge in [-0.3, -0.25) is 9.89 Å². The first-order chi connectivity index (χ1) is 12.4. The predicted octanol–water partition coefficient (Wildman–Crippen LogP) is 2.77. The highest BCUT2D eigenvalue weighted by Gasteiger charge is 2.23. The third-order valence-electron chi connectivity index (χ3n) is 5.00. The van der Waals surface area contributed by atoms with Gasteiger partial charge in [0, 0.05) is 50.8 Å². The summed E-state index contributed by atoms with van der Waals surface area (Å²) in [6, 6.07) is 11.8. The number of rotatable bonds is 6. The lowest BCUT2D eigenvalue weighted by Crippen LogP contribution is -2.50. The van der Waals surface area contributed by atoms with E-state index in [1.807, 2.05) is 7.05 Å². The monoisotopic (exact) mass is 359 g/mol. The minimum atomic E-state index is 0.154. The molecular weight excluding hydrogens is 322 g/mol. The standard InChI is InChI=1S/C21H37N5/c1-17(18-9-7-6-8-10-18)26-15-11-19(12-16-26)25-20(22-5)23-13-14-24-21(2,3)4/h6-10,17,19,24H,11-16H2,1-5H3,(H2,22,23,25). The van der Waals surface area contributed by atoms with E-state index in [-0.39, 0.29) is 5.54 Å². The molecule has 1 atom stereocenters. The molecule has 5 heteroatoms. The summed E-state index contributed by atoms with van der Waals surface area (Å²) in [4.78, 5) is 6.95. The van der Waals surface area contributed by atoms with Gasteiger partial charge in [0.25, 0.3) is 0 Å². The maximum atomic E-state index is 4.37. The number of guanidine groups is 1. The van der Waals surface area contributed by atoms with Crippen molar-refractivity contribution < 1.29 is 0 Å².